The first-order valence-electron chi connectivity index (χ1n) is 24.9. The number of rotatable bonds is 15. The number of nitrogens with zero attached hydrogens (tertiary/aromatic N) is 8. The smallest absolute Gasteiger partial charge is 0.258 e. The Morgan fingerprint density at radius 1 is 0.904 bits per heavy atom. The third kappa shape index (κ3) is 11.1. The molecule has 0 aliphatic carbocycles. The molecule has 0 bridgehead atoms. The van der Waals surface area contributed by atoms with Crippen LogP contribution in [0, 0.1) is 44.9 Å². The molecule has 9 rings (SSSR count). The van der Waals surface area contributed by atoms with Crippen molar-refractivity contribution in [3.63, 3.8) is 0 Å². The number of ether oxygens (including phenoxy) is 1. The molecule has 18 heteroatoms. The Morgan fingerprint density at radius 3 is 2.33 bits per heavy atom. The van der Waals surface area contributed by atoms with Crippen LogP contribution in [0.15, 0.2) is 77.4 Å². The molecule has 3 aliphatic rings. The lowest BCUT2D eigenvalue weighted by atomic mass is 9.85. The minimum absolute atomic E-state index is 0.0992. The molecule has 1 unspecified atom stereocenters. The highest BCUT2D eigenvalue weighted by atomic mass is 35.5. The van der Waals surface area contributed by atoms with E-state index in [4.69, 9.17) is 21.3 Å². The molecule has 0 saturated carbocycles. The number of hydrogen-bond donors (Lipinski definition) is 2. The van der Waals surface area contributed by atoms with Crippen LogP contribution in [0.5, 0.6) is 5.75 Å². The standard InChI is InChI=1S/C55H63ClN10O5S2/c1-30-22-44(52(69)59-32(3)37-10-12-39(13-11-37)49-33(4)58-29-72-49)65(26-30)53(70)50(55(7,8)9)61-46(68)28-71-42-18-19-45(57-25-42)64-21-20-36(27-64)23-41(67)24-43-51-63-62-35(6)66(51)54-47(31(2)34(5)73-54)48(60-43)38-14-16-40(56)17-15-38/h10-19,25,29-30,32,36,43-44,50H,20-24,26-28H2,1-9H3,(H,59,69)(H,61,68)/t30-,32+,36?,43+,44+,50-/m1/s1. The van der Waals surface area contributed by atoms with Gasteiger partial charge < -0.3 is 25.2 Å². The van der Waals surface area contributed by atoms with Gasteiger partial charge in [0.05, 0.1) is 34.0 Å². The van der Waals surface area contributed by atoms with Crippen molar-refractivity contribution in [2.24, 2.45) is 22.2 Å². The van der Waals surface area contributed by atoms with Gasteiger partial charge in [0.1, 0.15) is 46.3 Å². The van der Waals surface area contributed by atoms with E-state index in [-0.39, 0.29) is 48.5 Å². The fourth-order valence-electron chi connectivity index (χ4n) is 10.2. The number of carbonyl (C=O) groups excluding carboxylic acids is 4. The first kappa shape index (κ1) is 51.6. The average Bonchev–Trinajstić information content (AvgIpc) is 4.20. The van der Waals surface area contributed by atoms with E-state index in [0.29, 0.717) is 42.5 Å². The van der Waals surface area contributed by atoms with Gasteiger partial charge in [0.25, 0.3) is 5.91 Å². The van der Waals surface area contributed by atoms with E-state index in [1.165, 1.54) is 4.88 Å². The number of thiophene rings is 1. The summed E-state index contributed by atoms with van der Waals surface area (Å²) in [4.78, 5) is 76.1. The van der Waals surface area contributed by atoms with E-state index in [2.05, 4.69) is 54.1 Å². The first-order chi connectivity index (χ1) is 34.8. The number of aryl methyl sites for hydroxylation is 3. The van der Waals surface area contributed by atoms with Gasteiger partial charge in [0.15, 0.2) is 12.4 Å². The van der Waals surface area contributed by atoms with E-state index in [0.717, 1.165) is 73.7 Å². The van der Waals surface area contributed by atoms with Crippen molar-refractivity contribution >= 4 is 69.3 Å². The number of Topliss-reactive ketones (excluding diaryl/α,β-unsaturated/α-hetero) is 1. The van der Waals surface area contributed by atoms with Gasteiger partial charge in [-0.3, -0.25) is 28.7 Å². The number of aromatic nitrogens is 5. The summed E-state index contributed by atoms with van der Waals surface area (Å²) in [6.45, 7) is 19.3. The van der Waals surface area contributed by atoms with Gasteiger partial charge in [0.2, 0.25) is 11.8 Å². The van der Waals surface area contributed by atoms with Gasteiger partial charge in [-0.1, -0.05) is 75.7 Å². The minimum Gasteiger partial charge on any atom is -0.482 e. The number of likely N-dealkylation sites (tertiary alicyclic amines) is 1. The molecule has 382 valence electrons. The van der Waals surface area contributed by atoms with Gasteiger partial charge in [0, 0.05) is 53.5 Å². The summed E-state index contributed by atoms with van der Waals surface area (Å²) in [5.41, 5.74) is 8.10. The van der Waals surface area contributed by atoms with Crippen LogP contribution in [0.25, 0.3) is 15.4 Å². The highest BCUT2D eigenvalue weighted by Gasteiger charge is 2.44. The number of halogens is 1. The van der Waals surface area contributed by atoms with E-state index >= 15 is 0 Å². The summed E-state index contributed by atoms with van der Waals surface area (Å²) in [5, 5.41) is 16.7. The molecule has 15 nitrogen and oxygen atoms in total. The number of benzene rings is 2. The summed E-state index contributed by atoms with van der Waals surface area (Å²) in [6, 6.07) is 17.0. The van der Waals surface area contributed by atoms with Crippen LogP contribution in [0.4, 0.5) is 5.82 Å². The first-order valence-corrected chi connectivity index (χ1v) is 27.0. The molecule has 0 radical (unpaired) electrons. The lowest BCUT2D eigenvalue weighted by Crippen LogP contribution is -2.58. The number of aliphatic imine (C=N–C) groups is 1. The van der Waals surface area contributed by atoms with E-state index < -0.39 is 29.4 Å². The molecule has 2 fully saturated rings. The summed E-state index contributed by atoms with van der Waals surface area (Å²) in [5.74, 6) is 1.91. The number of anilines is 1. The normalized spacial score (nSPS) is 19.4. The van der Waals surface area contributed by atoms with Gasteiger partial charge in [-0.15, -0.1) is 32.9 Å². The summed E-state index contributed by atoms with van der Waals surface area (Å²) < 4.78 is 7.96. The third-order valence-electron chi connectivity index (χ3n) is 14.3. The average molecular weight is 1040 g/mol. The van der Waals surface area contributed by atoms with Crippen LogP contribution in [0.2, 0.25) is 5.02 Å². The van der Waals surface area contributed by atoms with Crippen molar-refractivity contribution in [2.45, 2.75) is 112 Å². The van der Waals surface area contributed by atoms with Crippen molar-refractivity contribution in [1.29, 1.82) is 0 Å². The second-order valence-electron chi connectivity index (χ2n) is 20.9. The third-order valence-corrected chi connectivity index (χ3v) is 16.7. The van der Waals surface area contributed by atoms with E-state index in [1.807, 2.05) is 109 Å². The molecule has 2 aromatic carbocycles. The Hall–Kier alpha value is -6.30. The number of fused-ring (bicyclic) bond motifs is 3. The number of amides is 3. The van der Waals surface area contributed by atoms with Gasteiger partial charge in [-0.25, -0.2) is 9.97 Å². The van der Waals surface area contributed by atoms with Crippen molar-refractivity contribution in [1.82, 2.24) is 40.3 Å². The number of nitrogens with one attached hydrogen (secondary N) is 2. The Morgan fingerprint density at radius 2 is 1.64 bits per heavy atom. The maximum absolute atomic E-state index is 14.3. The zero-order valence-corrected chi connectivity index (χ0v) is 45.3. The largest absolute Gasteiger partial charge is 0.482 e. The molecular formula is C55H63ClN10O5S2. The zero-order valence-electron chi connectivity index (χ0n) is 42.9. The van der Waals surface area contributed by atoms with E-state index in [9.17, 15) is 19.2 Å². The predicted molar refractivity (Wildman–Crippen MR) is 287 cm³/mol. The van der Waals surface area contributed by atoms with Gasteiger partial charge >= 0.3 is 0 Å². The SMILES string of the molecule is Cc1ncsc1-c1ccc([C@H](C)NC(=O)[C@@H]2C[C@@H](C)CN2C(=O)[C@@H](NC(=O)COc2ccc(N3CCC(CC(=O)C[C@@H]4N=C(c5ccc(Cl)cc5)c5c(sc(C)c5C)-n5c(C)nnc54)C3)nc2)C(C)(C)C)cc1. The van der Waals surface area contributed by atoms with E-state index in [1.54, 1.807) is 39.8 Å². The van der Waals surface area contributed by atoms with Crippen LogP contribution >= 0.6 is 34.3 Å². The second-order valence-corrected chi connectivity index (χ2v) is 23.4. The lowest BCUT2D eigenvalue weighted by molar-refractivity contribution is -0.144. The number of thiazole rings is 1. The maximum atomic E-state index is 14.3. The molecule has 0 spiro atoms. The second kappa shape index (κ2) is 21.3. The summed E-state index contributed by atoms with van der Waals surface area (Å²) in [6.07, 6.45) is 3.53. The Balaban J connectivity index is 0.780. The molecule has 3 aliphatic heterocycles. The van der Waals surface area contributed by atoms with Crippen molar-refractivity contribution in [2.75, 3.05) is 31.1 Å². The van der Waals surface area contributed by atoms with Crippen molar-refractivity contribution in [3.05, 3.63) is 122 Å². The molecule has 6 aromatic rings. The molecule has 73 heavy (non-hydrogen) atoms. The zero-order chi connectivity index (χ0) is 51.9. The highest BCUT2D eigenvalue weighted by Crippen LogP contribution is 2.40. The monoisotopic (exact) mass is 1040 g/mol. The lowest BCUT2D eigenvalue weighted by Gasteiger charge is -2.35. The number of carbonyl (C=O) groups is 4. The predicted octanol–water partition coefficient (Wildman–Crippen LogP) is 9.53. The van der Waals surface area contributed by atoms with Crippen LogP contribution in [-0.4, -0.2) is 97.2 Å². The topological polar surface area (TPSA) is 177 Å². The van der Waals surface area contributed by atoms with Gasteiger partial charge in [-0.2, -0.15) is 0 Å². The van der Waals surface area contributed by atoms with Crippen molar-refractivity contribution in [3.8, 4) is 21.2 Å². The molecule has 7 heterocycles. The number of ketones is 1. The molecule has 3 amide bonds. The fraction of sp³-hybridized carbons (Fsp3) is 0.436. The Bertz CT molecular complexity index is 3050. The van der Waals surface area contributed by atoms with Gasteiger partial charge in [-0.05, 0) is 106 Å². The highest BCUT2D eigenvalue weighted by molar-refractivity contribution is 7.15. The summed E-state index contributed by atoms with van der Waals surface area (Å²) >= 11 is 9.57. The van der Waals surface area contributed by atoms with Crippen molar-refractivity contribution < 1.29 is 23.9 Å². The molecule has 6 atom stereocenters. The van der Waals surface area contributed by atoms with Crippen LogP contribution in [0.1, 0.15) is 117 Å². The number of pyridine rings is 1. The Kier molecular flexibility index (Phi) is 15.0. The maximum Gasteiger partial charge on any atom is 0.258 e. The fourth-order valence-corrected chi connectivity index (χ4v) is 12.4. The molecule has 4 aromatic heterocycles. The molecule has 2 N–H and O–H groups in total. The van der Waals surface area contributed by atoms with Crippen LogP contribution in [-0.2, 0) is 19.2 Å². The summed E-state index contributed by atoms with van der Waals surface area (Å²) in [7, 11) is 0. The van der Waals surface area contributed by atoms with Crippen LogP contribution < -0.4 is 20.3 Å². The number of hydrogen-bond acceptors (Lipinski definition) is 13. The minimum atomic E-state index is -0.904. The Labute approximate surface area is 439 Å². The molecule has 2 saturated heterocycles. The molecular weight excluding hydrogens is 980 g/mol. The quantitative estimate of drug-likeness (QED) is 0.101. The van der Waals surface area contributed by atoms with Crippen LogP contribution in [0.3, 0.4) is 0 Å².